The van der Waals surface area contributed by atoms with E-state index in [1.807, 2.05) is 29.3 Å². The van der Waals surface area contributed by atoms with Crippen LogP contribution in [0.25, 0.3) is 21.9 Å². The number of likely N-dealkylation sites (tertiary alicyclic amines) is 1. The molecular weight excluding hydrogens is 451 g/mol. The van der Waals surface area contributed by atoms with E-state index in [2.05, 4.69) is 23.0 Å². The van der Waals surface area contributed by atoms with Gasteiger partial charge in [-0.2, -0.15) is 0 Å². The topological polar surface area (TPSA) is 61.9 Å². The zero-order chi connectivity index (χ0) is 24.4. The van der Waals surface area contributed by atoms with Crippen LogP contribution in [0.15, 0.2) is 48.7 Å². The fourth-order valence-electron chi connectivity index (χ4n) is 7.31. The van der Waals surface area contributed by atoms with Crippen LogP contribution >= 0.6 is 0 Å². The van der Waals surface area contributed by atoms with Crippen molar-refractivity contribution in [1.82, 2.24) is 19.9 Å². The van der Waals surface area contributed by atoms with E-state index in [-0.39, 0.29) is 11.7 Å². The van der Waals surface area contributed by atoms with Gasteiger partial charge in [0.05, 0.1) is 16.6 Å². The SMILES string of the molecule is C[C@H](Cc1nc2cc(C(=O)N3CCC3)ccc2[nH]1)C1CC2CC1CC2c1ccnc2ccc(F)cc12. The Bertz CT molecular complexity index is 1470. The summed E-state index contributed by atoms with van der Waals surface area (Å²) in [7, 11) is 0. The number of carbonyl (C=O) groups is 1. The van der Waals surface area contributed by atoms with Crippen LogP contribution in [-0.2, 0) is 6.42 Å². The average molecular weight is 483 g/mol. The predicted molar refractivity (Wildman–Crippen MR) is 138 cm³/mol. The second-order valence-corrected chi connectivity index (χ2v) is 11.3. The van der Waals surface area contributed by atoms with Crippen LogP contribution in [0.3, 0.4) is 0 Å². The summed E-state index contributed by atoms with van der Waals surface area (Å²) in [6.07, 6.45) is 7.57. The molecular formula is C30H31FN4O. The molecule has 3 aliphatic rings. The summed E-state index contributed by atoms with van der Waals surface area (Å²) in [5.74, 6) is 4.03. The molecule has 5 atom stereocenters. The first-order valence-electron chi connectivity index (χ1n) is 13.4. The maximum Gasteiger partial charge on any atom is 0.253 e. The molecule has 0 spiro atoms. The van der Waals surface area contributed by atoms with Gasteiger partial charge in [-0.25, -0.2) is 9.37 Å². The molecule has 6 heteroatoms. The number of rotatable bonds is 5. The van der Waals surface area contributed by atoms with Crippen molar-refractivity contribution in [3.05, 3.63) is 71.4 Å². The molecule has 4 aromatic rings. The van der Waals surface area contributed by atoms with Crippen molar-refractivity contribution in [2.75, 3.05) is 13.1 Å². The fraction of sp³-hybridized carbons (Fsp3) is 0.433. The smallest absolute Gasteiger partial charge is 0.253 e. The van der Waals surface area contributed by atoms with Gasteiger partial charge in [0, 0.05) is 36.7 Å². The van der Waals surface area contributed by atoms with Gasteiger partial charge in [0.1, 0.15) is 11.6 Å². The number of aromatic amines is 1. The Hall–Kier alpha value is -3.28. The Morgan fingerprint density at radius 2 is 1.97 bits per heavy atom. The third kappa shape index (κ3) is 3.61. The highest BCUT2D eigenvalue weighted by atomic mass is 19.1. The summed E-state index contributed by atoms with van der Waals surface area (Å²) in [4.78, 5) is 27.3. The number of fused-ring (bicyclic) bond motifs is 4. The van der Waals surface area contributed by atoms with Crippen LogP contribution in [0.5, 0.6) is 0 Å². The first kappa shape index (κ1) is 22.0. The molecule has 2 aromatic heterocycles. The van der Waals surface area contributed by atoms with Crippen LogP contribution in [0.2, 0.25) is 0 Å². The number of pyridine rings is 1. The first-order chi connectivity index (χ1) is 17.5. The Balaban J connectivity index is 1.06. The van der Waals surface area contributed by atoms with Crippen LogP contribution in [-0.4, -0.2) is 38.8 Å². The fourth-order valence-corrected chi connectivity index (χ4v) is 7.31. The van der Waals surface area contributed by atoms with E-state index >= 15 is 0 Å². The van der Waals surface area contributed by atoms with Gasteiger partial charge in [-0.15, -0.1) is 0 Å². The maximum atomic E-state index is 14.0. The molecule has 3 heterocycles. The van der Waals surface area contributed by atoms with Gasteiger partial charge in [0.2, 0.25) is 0 Å². The van der Waals surface area contributed by atoms with E-state index in [1.54, 1.807) is 12.1 Å². The van der Waals surface area contributed by atoms with E-state index in [0.29, 0.717) is 29.6 Å². The molecule has 4 unspecified atom stereocenters. The molecule has 2 bridgehead atoms. The molecule has 1 saturated heterocycles. The number of hydrogen-bond donors (Lipinski definition) is 1. The number of imidazole rings is 1. The number of halogens is 1. The van der Waals surface area contributed by atoms with Crippen molar-refractivity contribution in [3.8, 4) is 0 Å². The number of aromatic nitrogens is 3. The van der Waals surface area contributed by atoms with Crippen LogP contribution in [0.1, 0.15) is 60.3 Å². The average Bonchev–Trinajstić information content (AvgIpc) is 3.55. The Morgan fingerprint density at radius 1 is 1.08 bits per heavy atom. The lowest BCUT2D eigenvalue weighted by molar-refractivity contribution is 0.0652. The molecule has 5 nitrogen and oxygen atoms in total. The lowest BCUT2D eigenvalue weighted by Gasteiger charge is -2.32. The normalized spacial score (nSPS) is 26.0. The highest BCUT2D eigenvalue weighted by molar-refractivity contribution is 5.97. The first-order valence-corrected chi connectivity index (χ1v) is 13.4. The van der Waals surface area contributed by atoms with Gasteiger partial charge in [-0.05, 0) is 103 Å². The van der Waals surface area contributed by atoms with Crippen molar-refractivity contribution in [2.45, 2.75) is 44.9 Å². The molecule has 3 fully saturated rings. The van der Waals surface area contributed by atoms with E-state index in [4.69, 9.17) is 4.98 Å². The zero-order valence-electron chi connectivity index (χ0n) is 20.6. The summed E-state index contributed by atoms with van der Waals surface area (Å²) in [5.41, 5.74) is 4.78. The van der Waals surface area contributed by atoms with Crippen molar-refractivity contribution in [3.63, 3.8) is 0 Å². The number of nitrogens with zero attached hydrogens (tertiary/aromatic N) is 3. The predicted octanol–water partition coefficient (Wildman–Crippen LogP) is 6.10. The van der Waals surface area contributed by atoms with Gasteiger partial charge in [0.15, 0.2) is 0 Å². The zero-order valence-corrected chi connectivity index (χ0v) is 20.6. The summed E-state index contributed by atoms with van der Waals surface area (Å²) in [6.45, 7) is 4.08. The van der Waals surface area contributed by atoms with Gasteiger partial charge in [0.25, 0.3) is 5.91 Å². The number of benzene rings is 2. The third-order valence-corrected chi connectivity index (χ3v) is 9.22. The minimum Gasteiger partial charge on any atom is -0.342 e. The largest absolute Gasteiger partial charge is 0.342 e. The second-order valence-electron chi connectivity index (χ2n) is 11.3. The lowest BCUT2D eigenvalue weighted by Crippen LogP contribution is -2.41. The van der Waals surface area contributed by atoms with Gasteiger partial charge in [-0.1, -0.05) is 6.92 Å². The van der Waals surface area contributed by atoms with Crippen LogP contribution in [0, 0.1) is 29.5 Å². The lowest BCUT2D eigenvalue weighted by atomic mass is 9.73. The molecule has 2 saturated carbocycles. The minimum absolute atomic E-state index is 0.113. The maximum absolute atomic E-state index is 14.0. The van der Waals surface area contributed by atoms with E-state index in [0.717, 1.165) is 59.3 Å². The molecule has 1 N–H and O–H groups in total. The Kier molecular flexibility index (Phi) is 5.12. The van der Waals surface area contributed by atoms with Gasteiger partial charge < -0.3 is 9.88 Å². The summed E-state index contributed by atoms with van der Waals surface area (Å²) in [6, 6.07) is 12.9. The van der Waals surface area contributed by atoms with Crippen molar-refractivity contribution in [2.24, 2.45) is 23.7 Å². The molecule has 0 radical (unpaired) electrons. The number of nitrogens with one attached hydrogen (secondary N) is 1. The molecule has 2 aliphatic carbocycles. The molecule has 7 rings (SSSR count). The van der Waals surface area contributed by atoms with Crippen LogP contribution in [0.4, 0.5) is 4.39 Å². The Morgan fingerprint density at radius 3 is 2.75 bits per heavy atom. The van der Waals surface area contributed by atoms with Crippen LogP contribution < -0.4 is 0 Å². The number of H-pyrrole nitrogens is 1. The molecule has 184 valence electrons. The highest BCUT2D eigenvalue weighted by Crippen LogP contribution is 2.58. The van der Waals surface area contributed by atoms with E-state index in [9.17, 15) is 9.18 Å². The molecule has 1 aliphatic heterocycles. The summed E-state index contributed by atoms with van der Waals surface area (Å²) in [5, 5.41) is 0.980. The van der Waals surface area contributed by atoms with E-state index in [1.165, 1.54) is 30.9 Å². The van der Waals surface area contributed by atoms with Gasteiger partial charge in [-0.3, -0.25) is 9.78 Å². The second kappa shape index (κ2) is 8.39. The van der Waals surface area contributed by atoms with Crippen molar-refractivity contribution >= 4 is 27.8 Å². The summed E-state index contributed by atoms with van der Waals surface area (Å²) >= 11 is 0. The minimum atomic E-state index is -0.186. The number of carbonyl (C=O) groups excluding carboxylic acids is 1. The standard InChI is InChI=1S/C30H31FN4O/c1-17(11-29-33-27-5-3-18(15-28(27)34-29)30(36)35-9-2-10-35)23-13-20-12-19(23)14-24(20)22-7-8-32-26-6-4-21(31)16-25(22)26/h3-8,15-17,19-20,23-24H,2,9-14H2,1H3,(H,33,34)/t17-,19?,20?,23?,24?/m1/s1. The van der Waals surface area contributed by atoms with Crippen molar-refractivity contribution in [1.29, 1.82) is 0 Å². The summed E-state index contributed by atoms with van der Waals surface area (Å²) < 4.78 is 14.0. The third-order valence-electron chi connectivity index (χ3n) is 9.22. The van der Waals surface area contributed by atoms with E-state index < -0.39 is 0 Å². The van der Waals surface area contributed by atoms with Crippen molar-refractivity contribution < 1.29 is 9.18 Å². The molecule has 36 heavy (non-hydrogen) atoms. The Labute approximate surface area is 210 Å². The number of hydrogen-bond acceptors (Lipinski definition) is 3. The molecule has 1 amide bonds. The molecule has 2 aromatic carbocycles. The highest BCUT2D eigenvalue weighted by Gasteiger charge is 2.48. The monoisotopic (exact) mass is 482 g/mol. The quantitative estimate of drug-likeness (QED) is 0.374. The number of amides is 1. The van der Waals surface area contributed by atoms with Gasteiger partial charge >= 0.3 is 0 Å².